The van der Waals surface area contributed by atoms with Crippen LogP contribution >= 0.6 is 11.8 Å². The van der Waals surface area contributed by atoms with E-state index in [1.807, 2.05) is 0 Å². The number of hydrogen-bond donors (Lipinski definition) is 1. The number of halogens is 4. The second-order valence-corrected chi connectivity index (χ2v) is 8.72. The first-order valence-electron chi connectivity index (χ1n) is 9.89. The summed E-state index contributed by atoms with van der Waals surface area (Å²) in [6, 6.07) is 15.2. The molecule has 4 rings (SSSR count). The molecule has 33 heavy (non-hydrogen) atoms. The SMILES string of the molecule is O=C(O)c1ccc(CC2Sc3cccc(F)c3N(Cc3ccccc3C(F)(F)F)C2=O)cc1. The zero-order valence-electron chi connectivity index (χ0n) is 17.0. The third-order valence-electron chi connectivity index (χ3n) is 5.30. The quantitative estimate of drug-likeness (QED) is 0.475. The van der Waals surface area contributed by atoms with Crippen LogP contribution in [-0.2, 0) is 23.9 Å². The van der Waals surface area contributed by atoms with Crippen LogP contribution in [0.3, 0.4) is 0 Å². The molecule has 3 aromatic carbocycles. The second-order valence-electron chi connectivity index (χ2n) is 7.48. The van der Waals surface area contributed by atoms with Crippen molar-refractivity contribution in [3.63, 3.8) is 0 Å². The van der Waals surface area contributed by atoms with E-state index in [4.69, 9.17) is 5.11 Å². The summed E-state index contributed by atoms with van der Waals surface area (Å²) >= 11 is 1.14. The fourth-order valence-corrected chi connectivity index (χ4v) is 5.02. The molecule has 0 spiro atoms. The fourth-order valence-electron chi connectivity index (χ4n) is 3.73. The van der Waals surface area contributed by atoms with E-state index in [1.165, 1.54) is 42.5 Å². The number of rotatable bonds is 5. The summed E-state index contributed by atoms with van der Waals surface area (Å²) < 4.78 is 55.2. The van der Waals surface area contributed by atoms with Gasteiger partial charge in [-0.1, -0.05) is 36.4 Å². The summed E-state index contributed by atoms with van der Waals surface area (Å²) in [7, 11) is 0. The summed E-state index contributed by atoms with van der Waals surface area (Å²) in [5.74, 6) is -2.29. The van der Waals surface area contributed by atoms with Crippen LogP contribution in [-0.4, -0.2) is 22.2 Å². The number of nitrogens with zero attached hydrogens (tertiary/aromatic N) is 1. The number of para-hydroxylation sites is 1. The molecule has 1 amide bonds. The van der Waals surface area contributed by atoms with Gasteiger partial charge >= 0.3 is 12.1 Å². The van der Waals surface area contributed by atoms with E-state index in [1.54, 1.807) is 18.2 Å². The summed E-state index contributed by atoms with van der Waals surface area (Å²) in [5.41, 5.74) is -0.277. The summed E-state index contributed by atoms with van der Waals surface area (Å²) in [5, 5.41) is 8.33. The molecule has 0 aromatic heterocycles. The van der Waals surface area contributed by atoms with Crippen LogP contribution in [0.4, 0.5) is 23.2 Å². The molecule has 0 radical (unpaired) electrons. The van der Waals surface area contributed by atoms with Crippen molar-refractivity contribution in [2.75, 3.05) is 4.90 Å². The normalized spacial score (nSPS) is 15.9. The van der Waals surface area contributed by atoms with Crippen LogP contribution < -0.4 is 4.90 Å². The van der Waals surface area contributed by atoms with Crippen LogP contribution in [0.15, 0.2) is 71.6 Å². The molecule has 1 N–H and O–H groups in total. The Balaban J connectivity index is 1.69. The Kier molecular flexibility index (Phi) is 6.16. The van der Waals surface area contributed by atoms with Crippen LogP contribution in [0, 0.1) is 5.82 Å². The van der Waals surface area contributed by atoms with Gasteiger partial charge in [0.1, 0.15) is 5.82 Å². The molecule has 1 heterocycles. The molecule has 0 bridgehead atoms. The predicted octanol–water partition coefficient (Wildman–Crippen LogP) is 5.79. The maximum Gasteiger partial charge on any atom is 0.416 e. The van der Waals surface area contributed by atoms with E-state index in [0.717, 1.165) is 22.7 Å². The van der Waals surface area contributed by atoms with Gasteiger partial charge in [-0.2, -0.15) is 13.2 Å². The van der Waals surface area contributed by atoms with Crippen LogP contribution in [0.1, 0.15) is 27.0 Å². The summed E-state index contributed by atoms with van der Waals surface area (Å²) in [6.45, 7) is -0.433. The monoisotopic (exact) mass is 475 g/mol. The van der Waals surface area contributed by atoms with Crippen molar-refractivity contribution in [3.8, 4) is 0 Å². The molecule has 1 aliphatic rings. The molecule has 0 aliphatic carbocycles. The van der Waals surface area contributed by atoms with Crippen molar-refractivity contribution >= 4 is 29.3 Å². The highest BCUT2D eigenvalue weighted by molar-refractivity contribution is 8.01. The lowest BCUT2D eigenvalue weighted by atomic mass is 10.0. The zero-order valence-corrected chi connectivity index (χ0v) is 17.8. The number of carbonyl (C=O) groups is 2. The number of carbonyl (C=O) groups excluding carboxylic acids is 1. The van der Waals surface area contributed by atoms with E-state index < -0.39 is 41.2 Å². The lowest BCUT2D eigenvalue weighted by molar-refractivity contribution is -0.138. The van der Waals surface area contributed by atoms with Crippen molar-refractivity contribution in [1.29, 1.82) is 0 Å². The molecule has 170 valence electrons. The van der Waals surface area contributed by atoms with Gasteiger partial charge in [0.2, 0.25) is 5.91 Å². The average molecular weight is 475 g/mol. The second kappa shape index (κ2) is 8.90. The first-order valence-corrected chi connectivity index (χ1v) is 10.8. The Morgan fingerprint density at radius 2 is 1.70 bits per heavy atom. The van der Waals surface area contributed by atoms with Crippen molar-refractivity contribution < 1.29 is 32.3 Å². The lowest BCUT2D eigenvalue weighted by Gasteiger charge is -2.34. The van der Waals surface area contributed by atoms with Crippen LogP contribution in [0.25, 0.3) is 0 Å². The zero-order chi connectivity index (χ0) is 23.8. The molecular weight excluding hydrogens is 458 g/mol. The number of alkyl halides is 3. The van der Waals surface area contributed by atoms with Gasteiger partial charge in [-0.05, 0) is 47.9 Å². The average Bonchev–Trinajstić information content (AvgIpc) is 2.76. The first kappa shape index (κ1) is 22.8. The molecule has 1 aliphatic heterocycles. The first-order chi connectivity index (χ1) is 15.6. The minimum Gasteiger partial charge on any atom is -0.478 e. The molecule has 1 atom stereocenters. The minimum atomic E-state index is -4.62. The third kappa shape index (κ3) is 4.73. The number of carboxylic acid groups (broad SMARTS) is 1. The Hall–Kier alpha value is -3.33. The van der Waals surface area contributed by atoms with E-state index in [0.29, 0.717) is 10.5 Å². The largest absolute Gasteiger partial charge is 0.478 e. The van der Waals surface area contributed by atoms with Gasteiger partial charge in [0, 0.05) is 4.90 Å². The van der Waals surface area contributed by atoms with Gasteiger partial charge in [0.05, 0.1) is 28.6 Å². The molecular formula is C24H17F4NO3S. The lowest BCUT2D eigenvalue weighted by Crippen LogP contribution is -2.42. The molecule has 4 nitrogen and oxygen atoms in total. The Morgan fingerprint density at radius 3 is 2.36 bits per heavy atom. The van der Waals surface area contributed by atoms with Crippen LogP contribution in [0.5, 0.6) is 0 Å². The van der Waals surface area contributed by atoms with Crippen molar-refractivity contribution in [2.24, 2.45) is 0 Å². The molecule has 0 saturated heterocycles. The van der Waals surface area contributed by atoms with Gasteiger partial charge in [-0.25, -0.2) is 9.18 Å². The Labute approximate surface area is 190 Å². The third-order valence-corrected chi connectivity index (χ3v) is 6.54. The van der Waals surface area contributed by atoms with Gasteiger partial charge in [0.25, 0.3) is 0 Å². The molecule has 3 aromatic rings. The highest BCUT2D eigenvalue weighted by Gasteiger charge is 2.38. The number of fused-ring (bicyclic) bond motifs is 1. The Morgan fingerprint density at radius 1 is 1.00 bits per heavy atom. The van der Waals surface area contributed by atoms with Crippen molar-refractivity contribution in [1.82, 2.24) is 0 Å². The number of carboxylic acids is 1. The van der Waals surface area contributed by atoms with Crippen molar-refractivity contribution in [2.45, 2.75) is 29.3 Å². The molecule has 0 saturated carbocycles. The summed E-state index contributed by atoms with van der Waals surface area (Å²) in [6.07, 6.45) is -4.41. The van der Waals surface area contributed by atoms with Gasteiger partial charge < -0.3 is 10.0 Å². The van der Waals surface area contributed by atoms with Gasteiger partial charge in [-0.15, -0.1) is 11.8 Å². The predicted molar refractivity (Wildman–Crippen MR) is 116 cm³/mol. The molecule has 9 heteroatoms. The van der Waals surface area contributed by atoms with E-state index in [2.05, 4.69) is 0 Å². The van der Waals surface area contributed by atoms with E-state index in [-0.39, 0.29) is 23.2 Å². The standard InChI is InChI=1S/C24H17F4NO3S/c25-18-6-3-7-19-21(18)29(13-16-4-1-2-5-17(16)24(26,27)28)22(30)20(33-19)12-14-8-10-15(11-9-14)23(31)32/h1-11,20H,12-13H2,(H,31,32). The smallest absolute Gasteiger partial charge is 0.416 e. The number of anilines is 1. The topological polar surface area (TPSA) is 57.6 Å². The number of hydrogen-bond acceptors (Lipinski definition) is 3. The number of thioether (sulfide) groups is 1. The van der Waals surface area contributed by atoms with Crippen molar-refractivity contribution in [3.05, 3.63) is 94.8 Å². The van der Waals surface area contributed by atoms with Crippen LogP contribution in [0.2, 0.25) is 0 Å². The fraction of sp³-hybridized carbons (Fsp3) is 0.167. The minimum absolute atomic E-state index is 0.0399. The highest BCUT2D eigenvalue weighted by atomic mass is 32.2. The van der Waals surface area contributed by atoms with E-state index in [9.17, 15) is 27.2 Å². The Bertz CT molecular complexity index is 1210. The number of amides is 1. The van der Waals surface area contributed by atoms with E-state index >= 15 is 0 Å². The number of benzene rings is 3. The highest BCUT2D eigenvalue weighted by Crippen LogP contribution is 2.43. The molecule has 0 fully saturated rings. The summed E-state index contributed by atoms with van der Waals surface area (Å²) in [4.78, 5) is 25.9. The van der Waals surface area contributed by atoms with Gasteiger partial charge in [0.15, 0.2) is 0 Å². The number of aromatic carboxylic acids is 1. The molecule has 1 unspecified atom stereocenters. The maximum atomic E-state index is 14.7. The van der Waals surface area contributed by atoms with Gasteiger partial charge in [-0.3, -0.25) is 4.79 Å². The maximum absolute atomic E-state index is 14.7.